The van der Waals surface area contributed by atoms with E-state index < -0.39 is 10.0 Å². The molecular weight excluding hydrogens is 416 g/mol. The van der Waals surface area contributed by atoms with Gasteiger partial charge in [0.1, 0.15) is 11.3 Å². The molecule has 31 heavy (non-hydrogen) atoms. The zero-order valence-corrected chi connectivity index (χ0v) is 18.4. The number of nitrogens with zero attached hydrogens (tertiary/aromatic N) is 1. The molecule has 7 nitrogen and oxygen atoms in total. The second kappa shape index (κ2) is 8.72. The third-order valence-corrected chi connectivity index (χ3v) is 6.57. The van der Waals surface area contributed by atoms with E-state index in [4.69, 9.17) is 9.15 Å². The lowest BCUT2D eigenvalue weighted by Gasteiger charge is -2.26. The Kier molecular flexibility index (Phi) is 6.02. The Balaban J connectivity index is 1.69. The van der Waals surface area contributed by atoms with Crippen molar-refractivity contribution >= 4 is 32.6 Å². The molecule has 1 aromatic heterocycles. The summed E-state index contributed by atoms with van der Waals surface area (Å²) in [6.07, 6.45) is 0.873. The summed E-state index contributed by atoms with van der Waals surface area (Å²) < 4.78 is 40.0. The van der Waals surface area contributed by atoms with Gasteiger partial charge in [0, 0.05) is 18.5 Å². The maximum Gasteiger partial charge on any atom is 0.291 e. The number of carbonyl (C=O) groups is 1. The molecule has 0 unspecified atom stereocenters. The van der Waals surface area contributed by atoms with Crippen LogP contribution in [0.25, 0.3) is 11.0 Å². The van der Waals surface area contributed by atoms with Crippen LogP contribution in [0.1, 0.15) is 30.0 Å². The predicted molar refractivity (Wildman–Crippen MR) is 119 cm³/mol. The minimum atomic E-state index is -3.91. The number of anilines is 1. The van der Waals surface area contributed by atoms with Gasteiger partial charge in [0.25, 0.3) is 15.9 Å². The van der Waals surface area contributed by atoms with Crippen molar-refractivity contribution in [2.45, 2.75) is 25.2 Å². The number of nitrogens with one attached hydrogen (secondary N) is 1. The Hall–Kier alpha value is -2.84. The molecule has 0 radical (unpaired) electrons. The van der Waals surface area contributed by atoms with E-state index in [2.05, 4.69) is 18.6 Å². The molecule has 0 spiro atoms. The molecule has 1 amide bonds. The fourth-order valence-corrected chi connectivity index (χ4v) is 4.76. The van der Waals surface area contributed by atoms with E-state index in [9.17, 15) is 13.2 Å². The summed E-state index contributed by atoms with van der Waals surface area (Å²) in [6.45, 7) is 5.97. The Bertz CT molecular complexity index is 1180. The van der Waals surface area contributed by atoms with Crippen molar-refractivity contribution in [3.05, 3.63) is 59.9 Å². The number of morpholine rings is 1. The summed E-state index contributed by atoms with van der Waals surface area (Å²) in [6, 6.07) is 13.8. The molecular formula is C23H26N2O5S. The third-order valence-electron chi connectivity index (χ3n) is 5.20. The SMILES string of the molecule is CC(C)Cc1ccc(S(=O)(=O)Nc2c(C(=O)N3CCOCC3)oc3ccccc23)cc1. The van der Waals surface area contributed by atoms with Gasteiger partial charge in [-0.15, -0.1) is 0 Å². The number of benzene rings is 2. The quantitative estimate of drug-likeness (QED) is 0.625. The molecule has 1 aliphatic heterocycles. The number of amides is 1. The molecule has 2 aromatic carbocycles. The molecule has 0 bridgehead atoms. The normalized spacial score (nSPS) is 14.9. The van der Waals surface area contributed by atoms with E-state index >= 15 is 0 Å². The molecule has 4 rings (SSSR count). The van der Waals surface area contributed by atoms with Crippen LogP contribution < -0.4 is 4.72 Å². The van der Waals surface area contributed by atoms with Crippen molar-refractivity contribution in [1.29, 1.82) is 0 Å². The topological polar surface area (TPSA) is 88.9 Å². The minimum absolute atomic E-state index is 0.0110. The van der Waals surface area contributed by atoms with Gasteiger partial charge in [0.15, 0.2) is 0 Å². The highest BCUT2D eigenvalue weighted by molar-refractivity contribution is 7.92. The second-order valence-electron chi connectivity index (χ2n) is 8.05. The molecule has 1 aliphatic rings. The third kappa shape index (κ3) is 4.60. The molecule has 2 heterocycles. The first-order valence-corrected chi connectivity index (χ1v) is 11.8. The molecule has 1 N–H and O–H groups in total. The highest BCUT2D eigenvalue weighted by Crippen LogP contribution is 2.33. The molecule has 1 saturated heterocycles. The standard InChI is InChI=1S/C23H26N2O5S/c1-16(2)15-17-7-9-18(10-8-17)31(27,28)24-21-19-5-3-4-6-20(19)30-22(21)23(26)25-11-13-29-14-12-25/h3-10,16,24H,11-15H2,1-2H3. The van der Waals surface area contributed by atoms with Crippen molar-refractivity contribution in [2.75, 3.05) is 31.0 Å². The van der Waals surface area contributed by atoms with E-state index in [0.29, 0.717) is 43.2 Å². The number of rotatable bonds is 6. The predicted octanol–water partition coefficient (Wildman–Crippen LogP) is 3.90. The number of sulfonamides is 1. The van der Waals surface area contributed by atoms with Crippen LogP contribution in [-0.4, -0.2) is 45.5 Å². The number of hydrogen-bond donors (Lipinski definition) is 1. The van der Waals surface area contributed by atoms with Crippen molar-refractivity contribution in [2.24, 2.45) is 5.92 Å². The monoisotopic (exact) mass is 442 g/mol. The van der Waals surface area contributed by atoms with Gasteiger partial charge in [-0.1, -0.05) is 38.1 Å². The van der Waals surface area contributed by atoms with Crippen LogP contribution in [-0.2, 0) is 21.2 Å². The first kappa shape index (κ1) is 21.4. The smallest absolute Gasteiger partial charge is 0.291 e. The van der Waals surface area contributed by atoms with Gasteiger partial charge in [-0.2, -0.15) is 0 Å². The number of furan rings is 1. The summed E-state index contributed by atoms with van der Waals surface area (Å²) >= 11 is 0. The minimum Gasteiger partial charge on any atom is -0.449 e. The maximum atomic E-state index is 13.1. The summed E-state index contributed by atoms with van der Waals surface area (Å²) in [4.78, 5) is 14.8. The molecule has 0 aliphatic carbocycles. The van der Waals surface area contributed by atoms with Crippen LogP contribution in [0.15, 0.2) is 57.8 Å². The number of fused-ring (bicyclic) bond motifs is 1. The van der Waals surface area contributed by atoms with E-state index in [1.54, 1.807) is 41.3 Å². The van der Waals surface area contributed by atoms with Crippen LogP contribution in [0.2, 0.25) is 0 Å². The Morgan fingerprint density at radius 2 is 1.74 bits per heavy atom. The van der Waals surface area contributed by atoms with Crippen molar-refractivity contribution in [1.82, 2.24) is 4.90 Å². The Morgan fingerprint density at radius 3 is 2.42 bits per heavy atom. The Morgan fingerprint density at radius 1 is 1.06 bits per heavy atom. The van der Waals surface area contributed by atoms with Gasteiger partial charge in [0.05, 0.1) is 18.1 Å². The van der Waals surface area contributed by atoms with Crippen LogP contribution >= 0.6 is 0 Å². The molecule has 8 heteroatoms. The summed E-state index contributed by atoms with van der Waals surface area (Å²) in [5.41, 5.74) is 1.69. The molecule has 1 fully saturated rings. The van der Waals surface area contributed by atoms with Gasteiger partial charge in [-0.05, 0) is 42.2 Å². The van der Waals surface area contributed by atoms with Crippen LogP contribution in [0.3, 0.4) is 0 Å². The molecule has 0 saturated carbocycles. The fraction of sp³-hybridized carbons (Fsp3) is 0.348. The van der Waals surface area contributed by atoms with Crippen molar-refractivity contribution in [3.8, 4) is 0 Å². The first-order chi connectivity index (χ1) is 14.8. The van der Waals surface area contributed by atoms with E-state index in [1.807, 2.05) is 12.1 Å². The first-order valence-electron chi connectivity index (χ1n) is 10.4. The largest absolute Gasteiger partial charge is 0.449 e. The van der Waals surface area contributed by atoms with E-state index in [1.165, 1.54) is 0 Å². The average molecular weight is 443 g/mol. The highest BCUT2D eigenvalue weighted by Gasteiger charge is 2.29. The van der Waals surface area contributed by atoms with Gasteiger partial charge in [-0.25, -0.2) is 8.42 Å². The zero-order chi connectivity index (χ0) is 22.0. The van der Waals surface area contributed by atoms with Crippen LogP contribution in [0.4, 0.5) is 5.69 Å². The zero-order valence-electron chi connectivity index (χ0n) is 17.6. The van der Waals surface area contributed by atoms with Gasteiger partial charge < -0.3 is 14.1 Å². The number of para-hydroxylation sites is 1. The van der Waals surface area contributed by atoms with Crippen LogP contribution in [0, 0.1) is 5.92 Å². The second-order valence-corrected chi connectivity index (χ2v) is 9.74. The van der Waals surface area contributed by atoms with Gasteiger partial charge in [-0.3, -0.25) is 9.52 Å². The number of ether oxygens (including phenoxy) is 1. The van der Waals surface area contributed by atoms with Gasteiger partial charge in [0.2, 0.25) is 5.76 Å². The lowest BCUT2D eigenvalue weighted by Crippen LogP contribution is -2.40. The highest BCUT2D eigenvalue weighted by atomic mass is 32.2. The summed E-state index contributed by atoms with van der Waals surface area (Å²) in [5.74, 6) is 0.110. The summed E-state index contributed by atoms with van der Waals surface area (Å²) in [5, 5.41) is 0.541. The van der Waals surface area contributed by atoms with Crippen LogP contribution in [0.5, 0.6) is 0 Å². The number of carbonyl (C=O) groups excluding carboxylic acids is 1. The maximum absolute atomic E-state index is 13.1. The average Bonchev–Trinajstić information content (AvgIpc) is 3.11. The van der Waals surface area contributed by atoms with Crippen molar-refractivity contribution < 1.29 is 22.4 Å². The molecule has 164 valence electrons. The Labute approximate surface area is 182 Å². The number of hydrogen-bond acceptors (Lipinski definition) is 5. The van der Waals surface area contributed by atoms with Crippen molar-refractivity contribution in [3.63, 3.8) is 0 Å². The lowest BCUT2D eigenvalue weighted by molar-refractivity contribution is 0.0285. The van der Waals surface area contributed by atoms with E-state index in [-0.39, 0.29) is 22.3 Å². The fourth-order valence-electron chi connectivity index (χ4n) is 3.68. The van der Waals surface area contributed by atoms with E-state index in [0.717, 1.165) is 12.0 Å². The van der Waals surface area contributed by atoms with Gasteiger partial charge >= 0.3 is 0 Å². The summed E-state index contributed by atoms with van der Waals surface area (Å²) in [7, 11) is -3.91. The lowest BCUT2D eigenvalue weighted by atomic mass is 10.0. The molecule has 0 atom stereocenters. The molecule has 3 aromatic rings.